The Morgan fingerprint density at radius 1 is 1.36 bits per heavy atom. The van der Waals surface area contributed by atoms with Crippen LogP contribution in [0.5, 0.6) is 5.75 Å². The molecule has 4 N–H and O–H groups in total. The maximum atomic E-state index is 11.9. The van der Waals surface area contributed by atoms with Crippen molar-refractivity contribution in [2.75, 3.05) is 19.0 Å². The number of nitrogens with one attached hydrogen (secondary N) is 2. The summed E-state index contributed by atoms with van der Waals surface area (Å²) >= 11 is 6.01. The summed E-state index contributed by atoms with van der Waals surface area (Å²) < 4.78 is 5.19. The SMILES string of the molecule is COc1cc(Cl)c(C)cc1NC(=O)CCNC(=O)CC(C)N. The van der Waals surface area contributed by atoms with Gasteiger partial charge >= 0.3 is 0 Å². The molecule has 1 unspecified atom stereocenters. The Balaban J connectivity index is 2.52. The van der Waals surface area contributed by atoms with E-state index in [0.29, 0.717) is 16.5 Å². The van der Waals surface area contributed by atoms with Crippen LogP contribution in [0.1, 0.15) is 25.3 Å². The standard InChI is InChI=1S/C15H22ClN3O3/c1-9-6-12(13(22-3)8-11(9)16)19-14(20)4-5-18-15(21)7-10(2)17/h6,8,10H,4-5,7,17H2,1-3H3,(H,18,21)(H,19,20). The maximum absolute atomic E-state index is 11.9. The van der Waals surface area contributed by atoms with Crippen molar-refractivity contribution in [3.8, 4) is 5.75 Å². The fourth-order valence-electron chi connectivity index (χ4n) is 1.82. The second-order valence-electron chi connectivity index (χ2n) is 5.13. The number of methoxy groups -OCH3 is 1. The lowest BCUT2D eigenvalue weighted by Crippen LogP contribution is -2.32. The molecule has 1 atom stereocenters. The number of carbonyl (C=O) groups is 2. The number of amides is 2. The van der Waals surface area contributed by atoms with E-state index in [1.807, 2.05) is 6.92 Å². The van der Waals surface area contributed by atoms with Crippen molar-refractivity contribution in [1.29, 1.82) is 0 Å². The van der Waals surface area contributed by atoms with Gasteiger partial charge in [0.1, 0.15) is 5.75 Å². The van der Waals surface area contributed by atoms with Crippen LogP contribution in [-0.2, 0) is 9.59 Å². The summed E-state index contributed by atoms with van der Waals surface area (Å²) in [7, 11) is 1.50. The van der Waals surface area contributed by atoms with Gasteiger partial charge in [-0.2, -0.15) is 0 Å². The first-order valence-electron chi connectivity index (χ1n) is 6.99. The normalized spacial score (nSPS) is 11.7. The lowest BCUT2D eigenvalue weighted by Gasteiger charge is -2.12. The number of hydrogen-bond donors (Lipinski definition) is 3. The number of ether oxygens (including phenoxy) is 1. The average Bonchev–Trinajstić information content (AvgIpc) is 2.41. The van der Waals surface area contributed by atoms with Crippen molar-refractivity contribution in [2.45, 2.75) is 32.7 Å². The van der Waals surface area contributed by atoms with Gasteiger partial charge in [0.2, 0.25) is 11.8 Å². The highest BCUT2D eigenvalue weighted by Crippen LogP contribution is 2.30. The van der Waals surface area contributed by atoms with Gasteiger partial charge in [-0.25, -0.2) is 0 Å². The molecule has 1 aromatic carbocycles. The molecule has 0 aromatic heterocycles. The van der Waals surface area contributed by atoms with Gasteiger partial charge in [0.25, 0.3) is 0 Å². The van der Waals surface area contributed by atoms with Crippen molar-refractivity contribution in [3.63, 3.8) is 0 Å². The molecule has 22 heavy (non-hydrogen) atoms. The number of hydrogen-bond acceptors (Lipinski definition) is 4. The first-order chi connectivity index (χ1) is 10.3. The molecule has 7 heteroatoms. The van der Waals surface area contributed by atoms with Crippen molar-refractivity contribution >= 4 is 29.1 Å². The summed E-state index contributed by atoms with van der Waals surface area (Å²) in [5.74, 6) is 0.105. The summed E-state index contributed by atoms with van der Waals surface area (Å²) in [6.45, 7) is 3.85. The van der Waals surface area contributed by atoms with E-state index in [1.54, 1.807) is 19.1 Å². The molecule has 6 nitrogen and oxygen atoms in total. The van der Waals surface area contributed by atoms with E-state index in [4.69, 9.17) is 22.1 Å². The smallest absolute Gasteiger partial charge is 0.226 e. The van der Waals surface area contributed by atoms with Gasteiger partial charge in [-0.05, 0) is 25.5 Å². The molecule has 2 amide bonds. The second-order valence-corrected chi connectivity index (χ2v) is 5.54. The number of nitrogens with two attached hydrogens (primary N) is 1. The summed E-state index contributed by atoms with van der Waals surface area (Å²) in [5.41, 5.74) is 6.91. The van der Waals surface area contributed by atoms with Crippen LogP contribution in [0.3, 0.4) is 0 Å². The zero-order valence-corrected chi connectivity index (χ0v) is 13.8. The third-order valence-corrected chi connectivity index (χ3v) is 3.34. The largest absolute Gasteiger partial charge is 0.495 e. The van der Waals surface area contributed by atoms with Gasteiger partial charge in [0.05, 0.1) is 12.8 Å². The lowest BCUT2D eigenvalue weighted by atomic mass is 10.2. The fraction of sp³-hybridized carbons (Fsp3) is 0.467. The molecular weight excluding hydrogens is 306 g/mol. The Morgan fingerprint density at radius 3 is 2.64 bits per heavy atom. The van der Waals surface area contributed by atoms with Gasteiger partial charge in [0, 0.05) is 36.5 Å². The summed E-state index contributed by atoms with van der Waals surface area (Å²) in [6, 6.07) is 3.19. The van der Waals surface area contributed by atoms with E-state index in [0.717, 1.165) is 5.56 Å². The molecule has 0 fully saturated rings. The molecule has 1 rings (SSSR count). The highest BCUT2D eigenvalue weighted by Gasteiger charge is 2.11. The number of benzene rings is 1. The Bertz CT molecular complexity index is 547. The van der Waals surface area contributed by atoms with E-state index >= 15 is 0 Å². The molecule has 122 valence electrons. The highest BCUT2D eigenvalue weighted by atomic mass is 35.5. The molecule has 0 heterocycles. The van der Waals surface area contributed by atoms with Crippen LogP contribution in [-0.4, -0.2) is 31.5 Å². The van der Waals surface area contributed by atoms with Gasteiger partial charge in [-0.3, -0.25) is 9.59 Å². The predicted molar refractivity (Wildman–Crippen MR) is 87.3 cm³/mol. The fourth-order valence-corrected chi connectivity index (χ4v) is 1.98. The number of carbonyl (C=O) groups excluding carboxylic acids is 2. The second kappa shape index (κ2) is 8.60. The van der Waals surface area contributed by atoms with Crippen molar-refractivity contribution < 1.29 is 14.3 Å². The summed E-state index contributed by atoms with van der Waals surface area (Å²) in [5, 5.41) is 5.96. The van der Waals surface area contributed by atoms with Crippen LogP contribution in [0.15, 0.2) is 12.1 Å². The molecule has 0 radical (unpaired) electrons. The Hall–Kier alpha value is -1.79. The molecule has 1 aromatic rings. The van der Waals surface area contributed by atoms with E-state index in [-0.39, 0.29) is 37.2 Å². The van der Waals surface area contributed by atoms with E-state index < -0.39 is 0 Å². The molecule has 0 aliphatic heterocycles. The number of aryl methyl sites for hydroxylation is 1. The minimum Gasteiger partial charge on any atom is -0.495 e. The minimum absolute atomic E-state index is 0.162. The molecule has 0 spiro atoms. The Labute approximate surface area is 135 Å². The van der Waals surface area contributed by atoms with Gasteiger partial charge in [-0.1, -0.05) is 11.6 Å². The monoisotopic (exact) mass is 327 g/mol. The third-order valence-electron chi connectivity index (χ3n) is 2.94. The van der Waals surface area contributed by atoms with Crippen LogP contribution in [0.25, 0.3) is 0 Å². The van der Waals surface area contributed by atoms with Crippen LogP contribution >= 0.6 is 11.6 Å². The minimum atomic E-state index is -0.221. The van der Waals surface area contributed by atoms with Crippen LogP contribution in [0.2, 0.25) is 5.02 Å². The number of halogens is 1. The summed E-state index contributed by atoms with van der Waals surface area (Å²) in [6.07, 6.45) is 0.404. The van der Waals surface area contributed by atoms with E-state index in [1.165, 1.54) is 7.11 Å². The lowest BCUT2D eigenvalue weighted by molar-refractivity contribution is -0.121. The zero-order chi connectivity index (χ0) is 16.7. The van der Waals surface area contributed by atoms with Crippen LogP contribution < -0.4 is 21.1 Å². The van der Waals surface area contributed by atoms with Crippen LogP contribution in [0.4, 0.5) is 5.69 Å². The number of rotatable bonds is 7. The molecule has 0 aliphatic carbocycles. The van der Waals surface area contributed by atoms with E-state index in [9.17, 15) is 9.59 Å². The quantitative estimate of drug-likeness (QED) is 0.712. The molecule has 0 saturated heterocycles. The first kappa shape index (κ1) is 18.3. The molecule has 0 saturated carbocycles. The number of anilines is 1. The van der Waals surface area contributed by atoms with Crippen molar-refractivity contribution in [3.05, 3.63) is 22.7 Å². The van der Waals surface area contributed by atoms with Crippen molar-refractivity contribution in [2.24, 2.45) is 5.73 Å². The molecule has 0 aliphatic rings. The van der Waals surface area contributed by atoms with Gasteiger partial charge < -0.3 is 21.1 Å². The van der Waals surface area contributed by atoms with Gasteiger partial charge in [-0.15, -0.1) is 0 Å². The molecule has 0 bridgehead atoms. The Kier molecular flexibility index (Phi) is 7.14. The van der Waals surface area contributed by atoms with Gasteiger partial charge in [0.15, 0.2) is 0 Å². The molecular formula is C15H22ClN3O3. The topological polar surface area (TPSA) is 93.5 Å². The highest BCUT2D eigenvalue weighted by molar-refractivity contribution is 6.31. The predicted octanol–water partition coefficient (Wildman–Crippen LogP) is 1.84. The maximum Gasteiger partial charge on any atom is 0.226 e. The van der Waals surface area contributed by atoms with Crippen molar-refractivity contribution in [1.82, 2.24) is 5.32 Å². The van der Waals surface area contributed by atoms with Crippen LogP contribution in [0, 0.1) is 6.92 Å². The zero-order valence-electron chi connectivity index (χ0n) is 13.0. The first-order valence-corrected chi connectivity index (χ1v) is 7.37. The summed E-state index contributed by atoms with van der Waals surface area (Å²) in [4.78, 5) is 23.3. The van der Waals surface area contributed by atoms with E-state index in [2.05, 4.69) is 10.6 Å². The average molecular weight is 328 g/mol. The Morgan fingerprint density at radius 2 is 2.05 bits per heavy atom. The third kappa shape index (κ3) is 5.91.